The highest BCUT2D eigenvalue weighted by Crippen LogP contribution is 2.20. The minimum absolute atomic E-state index is 0.432. The first-order valence-corrected chi connectivity index (χ1v) is 8.24. The third-order valence-electron chi connectivity index (χ3n) is 3.83. The van der Waals surface area contributed by atoms with E-state index >= 15 is 0 Å². The predicted molar refractivity (Wildman–Crippen MR) is 86.9 cm³/mol. The number of hydrogen-bond acceptors (Lipinski definition) is 4. The molecule has 0 saturated carbocycles. The largest absolute Gasteiger partial charge is 0.320 e. The quantitative estimate of drug-likeness (QED) is 0.842. The fraction of sp³-hybridized carbons (Fsp3) is 0.625. The number of likely N-dealkylation sites (N-methyl/N-ethyl adjacent to an activating group) is 2. The minimum Gasteiger partial charge on any atom is -0.320 e. The van der Waals surface area contributed by atoms with E-state index in [2.05, 4.69) is 47.7 Å². The number of hydrogen-bond donors (Lipinski definition) is 1. The highest BCUT2D eigenvalue weighted by atomic mass is 32.1. The standard InChI is InChI=1S/C16H25N3S/c1-3-19-11-5-6-14(19)12-18(2)13-16-9-8-15(20-16)7-4-10-17/h8-9,14H,3,5-6,10-13,17H2,1-2H3. The van der Waals surface area contributed by atoms with Gasteiger partial charge in [-0.15, -0.1) is 11.3 Å². The van der Waals surface area contributed by atoms with Crippen molar-refractivity contribution < 1.29 is 0 Å². The van der Waals surface area contributed by atoms with E-state index in [1.54, 1.807) is 11.3 Å². The second kappa shape index (κ2) is 7.80. The summed E-state index contributed by atoms with van der Waals surface area (Å²) >= 11 is 1.78. The van der Waals surface area contributed by atoms with Gasteiger partial charge < -0.3 is 5.73 Å². The summed E-state index contributed by atoms with van der Waals surface area (Å²) in [7, 11) is 2.22. The van der Waals surface area contributed by atoms with Crippen molar-refractivity contribution in [1.29, 1.82) is 0 Å². The second-order valence-electron chi connectivity index (χ2n) is 5.39. The monoisotopic (exact) mass is 291 g/mol. The van der Waals surface area contributed by atoms with Crippen LogP contribution in [0.3, 0.4) is 0 Å². The molecule has 4 heteroatoms. The van der Waals surface area contributed by atoms with Gasteiger partial charge in [0, 0.05) is 24.0 Å². The molecule has 1 unspecified atom stereocenters. The predicted octanol–water partition coefficient (Wildman–Crippen LogP) is 1.97. The van der Waals surface area contributed by atoms with Gasteiger partial charge in [0.15, 0.2) is 0 Å². The molecular weight excluding hydrogens is 266 g/mol. The van der Waals surface area contributed by atoms with Crippen LogP contribution in [0.25, 0.3) is 0 Å². The zero-order chi connectivity index (χ0) is 14.4. The van der Waals surface area contributed by atoms with E-state index in [4.69, 9.17) is 5.73 Å². The van der Waals surface area contributed by atoms with Gasteiger partial charge in [-0.25, -0.2) is 0 Å². The van der Waals surface area contributed by atoms with Crippen LogP contribution in [-0.4, -0.2) is 49.1 Å². The van der Waals surface area contributed by atoms with Crippen LogP contribution in [0.1, 0.15) is 29.5 Å². The van der Waals surface area contributed by atoms with Crippen molar-refractivity contribution in [2.75, 3.05) is 33.2 Å². The lowest BCUT2D eigenvalue weighted by Crippen LogP contribution is -2.38. The third kappa shape index (κ3) is 4.32. The Morgan fingerprint density at radius 3 is 3.10 bits per heavy atom. The average Bonchev–Trinajstić information content (AvgIpc) is 3.05. The molecule has 1 aliphatic rings. The summed E-state index contributed by atoms with van der Waals surface area (Å²) in [5, 5.41) is 0. The maximum Gasteiger partial charge on any atom is 0.0772 e. The first kappa shape index (κ1) is 15.5. The smallest absolute Gasteiger partial charge is 0.0772 e. The third-order valence-corrected chi connectivity index (χ3v) is 4.81. The zero-order valence-electron chi connectivity index (χ0n) is 12.6. The van der Waals surface area contributed by atoms with Crippen molar-refractivity contribution >= 4 is 11.3 Å². The van der Waals surface area contributed by atoms with Crippen LogP contribution in [0.4, 0.5) is 0 Å². The van der Waals surface area contributed by atoms with Crippen molar-refractivity contribution in [2.45, 2.75) is 32.4 Å². The highest BCUT2D eigenvalue weighted by Gasteiger charge is 2.23. The van der Waals surface area contributed by atoms with Crippen LogP contribution < -0.4 is 5.73 Å². The van der Waals surface area contributed by atoms with Gasteiger partial charge in [0.2, 0.25) is 0 Å². The Kier molecular flexibility index (Phi) is 6.06. The number of nitrogens with zero attached hydrogens (tertiary/aromatic N) is 2. The molecule has 0 bridgehead atoms. The molecule has 2 N–H and O–H groups in total. The SMILES string of the molecule is CCN1CCCC1CN(C)Cc1ccc(C#CCN)s1. The molecule has 0 aliphatic carbocycles. The van der Waals surface area contributed by atoms with Gasteiger partial charge in [-0.3, -0.25) is 9.80 Å². The molecule has 20 heavy (non-hydrogen) atoms. The second-order valence-corrected chi connectivity index (χ2v) is 6.56. The molecule has 1 aromatic rings. The van der Waals surface area contributed by atoms with E-state index in [9.17, 15) is 0 Å². The number of likely N-dealkylation sites (tertiary alicyclic amines) is 1. The van der Waals surface area contributed by atoms with E-state index in [1.165, 1.54) is 30.8 Å². The maximum absolute atomic E-state index is 5.40. The summed E-state index contributed by atoms with van der Waals surface area (Å²) in [4.78, 5) is 7.54. The van der Waals surface area contributed by atoms with Gasteiger partial charge in [0.1, 0.15) is 0 Å². The van der Waals surface area contributed by atoms with Crippen molar-refractivity contribution in [3.8, 4) is 11.8 Å². The normalized spacial score (nSPS) is 19.3. The minimum atomic E-state index is 0.432. The van der Waals surface area contributed by atoms with Crippen LogP contribution in [0.5, 0.6) is 0 Å². The molecule has 2 rings (SSSR count). The van der Waals surface area contributed by atoms with Gasteiger partial charge >= 0.3 is 0 Å². The average molecular weight is 291 g/mol. The van der Waals surface area contributed by atoms with E-state index in [0.29, 0.717) is 6.54 Å². The molecule has 1 aliphatic heterocycles. The van der Waals surface area contributed by atoms with Crippen molar-refractivity contribution in [3.63, 3.8) is 0 Å². The summed E-state index contributed by atoms with van der Waals surface area (Å²) in [5.41, 5.74) is 5.40. The fourth-order valence-electron chi connectivity index (χ4n) is 2.88. The van der Waals surface area contributed by atoms with Crippen LogP contribution >= 0.6 is 11.3 Å². The van der Waals surface area contributed by atoms with Crippen LogP contribution in [0.2, 0.25) is 0 Å². The zero-order valence-corrected chi connectivity index (χ0v) is 13.4. The Morgan fingerprint density at radius 2 is 2.35 bits per heavy atom. The Bertz CT molecular complexity index is 472. The van der Waals surface area contributed by atoms with Gasteiger partial charge in [-0.1, -0.05) is 18.8 Å². The molecule has 110 valence electrons. The lowest BCUT2D eigenvalue weighted by atomic mass is 10.2. The molecule has 1 aromatic heterocycles. The summed E-state index contributed by atoms with van der Waals surface area (Å²) in [6.45, 7) is 7.32. The van der Waals surface area contributed by atoms with Gasteiger partial charge in [-0.05, 0) is 45.1 Å². The lowest BCUT2D eigenvalue weighted by Gasteiger charge is -2.27. The maximum atomic E-state index is 5.40. The van der Waals surface area contributed by atoms with Gasteiger partial charge in [0.25, 0.3) is 0 Å². The van der Waals surface area contributed by atoms with E-state index in [-0.39, 0.29) is 0 Å². The number of thiophene rings is 1. The molecule has 1 fully saturated rings. The Labute approximate surface area is 126 Å². The summed E-state index contributed by atoms with van der Waals surface area (Å²) in [5.74, 6) is 6.02. The molecule has 1 saturated heterocycles. The topological polar surface area (TPSA) is 32.5 Å². The Morgan fingerprint density at radius 1 is 1.50 bits per heavy atom. The van der Waals surface area contributed by atoms with Crippen LogP contribution in [-0.2, 0) is 6.54 Å². The van der Waals surface area contributed by atoms with E-state index in [1.807, 2.05) is 0 Å². The first-order chi connectivity index (χ1) is 9.72. The summed E-state index contributed by atoms with van der Waals surface area (Å²) in [6.07, 6.45) is 2.69. The summed E-state index contributed by atoms with van der Waals surface area (Å²) in [6, 6.07) is 5.03. The first-order valence-electron chi connectivity index (χ1n) is 7.43. The molecular formula is C16H25N3S. The van der Waals surface area contributed by atoms with Crippen LogP contribution in [0, 0.1) is 11.8 Å². The number of rotatable bonds is 5. The molecule has 3 nitrogen and oxygen atoms in total. The molecule has 1 atom stereocenters. The molecule has 0 amide bonds. The van der Waals surface area contributed by atoms with Crippen molar-refractivity contribution in [3.05, 3.63) is 21.9 Å². The molecule has 0 aromatic carbocycles. The lowest BCUT2D eigenvalue weighted by molar-refractivity contribution is 0.195. The summed E-state index contributed by atoms with van der Waals surface area (Å²) < 4.78 is 0. The van der Waals surface area contributed by atoms with Crippen molar-refractivity contribution in [1.82, 2.24) is 9.80 Å². The van der Waals surface area contributed by atoms with E-state index < -0.39 is 0 Å². The van der Waals surface area contributed by atoms with Crippen LogP contribution in [0.15, 0.2) is 12.1 Å². The van der Waals surface area contributed by atoms with Crippen molar-refractivity contribution in [2.24, 2.45) is 5.73 Å². The van der Waals surface area contributed by atoms with Gasteiger partial charge in [0.05, 0.1) is 11.4 Å². The highest BCUT2D eigenvalue weighted by molar-refractivity contribution is 7.12. The molecule has 2 heterocycles. The fourth-order valence-corrected chi connectivity index (χ4v) is 3.84. The molecule has 0 spiro atoms. The Balaban J connectivity index is 1.84. The molecule has 0 radical (unpaired) electrons. The number of nitrogens with two attached hydrogens (primary N) is 1. The van der Waals surface area contributed by atoms with Gasteiger partial charge in [-0.2, -0.15) is 0 Å². The Hall–Kier alpha value is -0.860. The van der Waals surface area contributed by atoms with E-state index in [0.717, 1.165) is 24.0 Å².